The van der Waals surface area contributed by atoms with Crippen LogP contribution in [0.2, 0.25) is 0 Å². The SMILES string of the molecule is C=O.CCO.CCO.CCO. The third kappa shape index (κ3) is 2690. The van der Waals surface area contributed by atoms with Crippen molar-refractivity contribution in [2.75, 3.05) is 19.8 Å². The lowest BCUT2D eigenvalue weighted by atomic mass is 10.9. The lowest BCUT2D eigenvalue weighted by Gasteiger charge is -1.52. The fraction of sp³-hybridized carbons (Fsp3) is 0.857. The van der Waals surface area contributed by atoms with E-state index in [1.165, 1.54) is 0 Å². The fourth-order valence-corrected chi connectivity index (χ4v) is 0. The summed E-state index contributed by atoms with van der Waals surface area (Å²) in [6.07, 6.45) is 0. The van der Waals surface area contributed by atoms with Gasteiger partial charge in [-0.25, -0.2) is 0 Å². The molecular formula is C7H20O4. The van der Waals surface area contributed by atoms with Gasteiger partial charge in [0.05, 0.1) is 0 Å². The summed E-state index contributed by atoms with van der Waals surface area (Å²) in [5, 5.41) is 22.7. The van der Waals surface area contributed by atoms with Crippen molar-refractivity contribution in [3.05, 3.63) is 0 Å². The van der Waals surface area contributed by atoms with Crippen LogP contribution in [0.5, 0.6) is 0 Å². The quantitative estimate of drug-likeness (QED) is 0.468. The van der Waals surface area contributed by atoms with E-state index in [2.05, 4.69) is 0 Å². The Balaban J connectivity index is -0.0000000301. The lowest BCUT2D eigenvalue weighted by molar-refractivity contribution is -0.0979. The Morgan fingerprint density at radius 3 is 0.818 bits per heavy atom. The van der Waals surface area contributed by atoms with Crippen molar-refractivity contribution in [2.45, 2.75) is 20.8 Å². The van der Waals surface area contributed by atoms with E-state index in [1.54, 1.807) is 20.8 Å². The maximum absolute atomic E-state index is 8.00. The van der Waals surface area contributed by atoms with Gasteiger partial charge in [-0.1, -0.05) is 0 Å². The number of aliphatic hydroxyl groups excluding tert-OH is 3. The highest BCUT2D eigenvalue weighted by molar-refractivity contribution is 5.10. The summed E-state index contributed by atoms with van der Waals surface area (Å²) in [7, 11) is 0. The maximum atomic E-state index is 8.00. The number of rotatable bonds is 0. The number of hydrogen-bond donors (Lipinski definition) is 3. The second kappa shape index (κ2) is 107. The number of carbonyl (C=O) groups excluding carboxylic acids is 1. The molecule has 0 amide bonds. The normalized spacial score (nSPS) is 5.27. The van der Waals surface area contributed by atoms with Crippen LogP contribution < -0.4 is 0 Å². The van der Waals surface area contributed by atoms with E-state index in [0.717, 1.165) is 0 Å². The molecule has 0 aliphatic heterocycles. The fourth-order valence-electron chi connectivity index (χ4n) is 0. The van der Waals surface area contributed by atoms with Crippen LogP contribution in [0.15, 0.2) is 0 Å². The molecule has 0 saturated carbocycles. The van der Waals surface area contributed by atoms with Gasteiger partial charge in [0, 0.05) is 19.8 Å². The van der Waals surface area contributed by atoms with E-state index < -0.39 is 0 Å². The number of hydrogen-bond acceptors (Lipinski definition) is 4. The van der Waals surface area contributed by atoms with Gasteiger partial charge in [-0.3, -0.25) is 0 Å². The predicted octanol–water partition coefficient (Wildman–Crippen LogP) is -0.189. The Bertz CT molecular complexity index is 21.6. The minimum Gasteiger partial charge on any atom is -0.397 e. The van der Waals surface area contributed by atoms with Gasteiger partial charge >= 0.3 is 0 Å². The van der Waals surface area contributed by atoms with Crippen molar-refractivity contribution in [1.82, 2.24) is 0 Å². The van der Waals surface area contributed by atoms with Crippen molar-refractivity contribution in [1.29, 1.82) is 0 Å². The maximum Gasteiger partial charge on any atom is 0.106 e. The van der Waals surface area contributed by atoms with Gasteiger partial charge in [-0.2, -0.15) is 0 Å². The second-order valence-electron chi connectivity index (χ2n) is 0.949. The molecule has 4 heteroatoms. The summed E-state index contributed by atoms with van der Waals surface area (Å²) in [6, 6.07) is 0. The topological polar surface area (TPSA) is 77.8 Å². The Morgan fingerprint density at radius 2 is 0.818 bits per heavy atom. The lowest BCUT2D eigenvalue weighted by Crippen LogP contribution is -1.57. The summed E-state index contributed by atoms with van der Waals surface area (Å²) in [6.45, 7) is 7.79. The number of aliphatic hydroxyl groups is 3. The van der Waals surface area contributed by atoms with Crippen molar-refractivity contribution >= 4 is 6.79 Å². The Labute approximate surface area is 68.5 Å². The molecule has 0 unspecified atom stereocenters. The molecule has 0 atom stereocenters. The summed E-state index contributed by atoms with van der Waals surface area (Å²) in [5.74, 6) is 0. The molecule has 0 radical (unpaired) electrons. The Morgan fingerprint density at radius 1 is 0.818 bits per heavy atom. The molecule has 0 saturated heterocycles. The van der Waals surface area contributed by atoms with Crippen molar-refractivity contribution in [2.24, 2.45) is 0 Å². The highest BCUT2D eigenvalue weighted by Crippen LogP contribution is 1.30. The zero-order valence-electron chi connectivity index (χ0n) is 7.58. The molecule has 0 aliphatic carbocycles. The summed E-state index contributed by atoms with van der Waals surface area (Å²) >= 11 is 0. The van der Waals surface area contributed by atoms with Crippen molar-refractivity contribution < 1.29 is 20.1 Å². The Hall–Kier alpha value is -0.450. The molecule has 0 bridgehead atoms. The minimum absolute atomic E-state index is 0.250. The summed E-state index contributed by atoms with van der Waals surface area (Å²) in [4.78, 5) is 8.00. The predicted molar refractivity (Wildman–Crippen MR) is 45.4 cm³/mol. The van der Waals surface area contributed by atoms with E-state index in [1.807, 2.05) is 6.79 Å². The second-order valence-corrected chi connectivity index (χ2v) is 0.949. The third-order valence-electron chi connectivity index (χ3n) is 0. The highest BCUT2D eigenvalue weighted by Gasteiger charge is 1.35. The number of carbonyl (C=O) groups is 1. The molecule has 0 fully saturated rings. The van der Waals surface area contributed by atoms with Crippen LogP contribution in [-0.2, 0) is 4.79 Å². The molecule has 11 heavy (non-hydrogen) atoms. The van der Waals surface area contributed by atoms with Crippen LogP contribution in [0.25, 0.3) is 0 Å². The molecule has 0 aliphatic rings. The van der Waals surface area contributed by atoms with Crippen molar-refractivity contribution in [3.8, 4) is 0 Å². The molecule has 3 N–H and O–H groups in total. The first kappa shape index (κ1) is 22.4. The van der Waals surface area contributed by atoms with E-state index in [4.69, 9.17) is 20.1 Å². The molecule has 0 aromatic rings. The van der Waals surface area contributed by atoms with E-state index in [0.29, 0.717) is 0 Å². The molecule has 0 spiro atoms. The third-order valence-corrected chi connectivity index (χ3v) is 0. The van der Waals surface area contributed by atoms with E-state index in [9.17, 15) is 0 Å². The van der Waals surface area contributed by atoms with Gasteiger partial charge in [-0.15, -0.1) is 0 Å². The van der Waals surface area contributed by atoms with Gasteiger partial charge < -0.3 is 20.1 Å². The first-order chi connectivity index (χ1) is 5.24. The molecule has 0 rings (SSSR count). The van der Waals surface area contributed by atoms with E-state index >= 15 is 0 Å². The minimum atomic E-state index is 0.250. The monoisotopic (exact) mass is 168 g/mol. The molecular weight excluding hydrogens is 148 g/mol. The first-order valence-electron chi connectivity index (χ1n) is 3.36. The van der Waals surface area contributed by atoms with Crippen LogP contribution in [0.3, 0.4) is 0 Å². The first-order valence-corrected chi connectivity index (χ1v) is 3.36. The largest absolute Gasteiger partial charge is 0.397 e. The summed E-state index contributed by atoms with van der Waals surface area (Å²) in [5.41, 5.74) is 0. The summed E-state index contributed by atoms with van der Waals surface area (Å²) < 4.78 is 0. The average molecular weight is 168 g/mol. The van der Waals surface area contributed by atoms with Gasteiger partial charge in [0.15, 0.2) is 0 Å². The standard InChI is InChI=1S/3C2H6O.CH2O/c3*1-2-3;1-2/h3*3H,2H2,1H3;1H2. The van der Waals surface area contributed by atoms with Crippen molar-refractivity contribution in [3.63, 3.8) is 0 Å². The molecule has 4 nitrogen and oxygen atoms in total. The van der Waals surface area contributed by atoms with Crippen LogP contribution in [0.1, 0.15) is 20.8 Å². The molecule has 72 valence electrons. The van der Waals surface area contributed by atoms with Gasteiger partial charge in [0.2, 0.25) is 0 Å². The smallest absolute Gasteiger partial charge is 0.106 e. The molecule has 0 aromatic carbocycles. The Kier molecular flexibility index (Phi) is 219. The van der Waals surface area contributed by atoms with Crippen LogP contribution in [0, 0.1) is 0 Å². The molecule has 0 heterocycles. The molecule has 0 aromatic heterocycles. The zero-order chi connectivity index (χ0) is 10.1. The average Bonchev–Trinajstić information content (AvgIpc) is 1.96. The van der Waals surface area contributed by atoms with Gasteiger partial charge in [0.1, 0.15) is 6.79 Å². The van der Waals surface area contributed by atoms with Gasteiger partial charge in [0.25, 0.3) is 0 Å². The van der Waals surface area contributed by atoms with Crippen LogP contribution in [-0.4, -0.2) is 41.9 Å². The van der Waals surface area contributed by atoms with Gasteiger partial charge in [-0.05, 0) is 20.8 Å². The highest BCUT2D eigenvalue weighted by atomic mass is 16.3. The van der Waals surface area contributed by atoms with Crippen LogP contribution in [0.4, 0.5) is 0 Å². The van der Waals surface area contributed by atoms with Crippen LogP contribution >= 0.6 is 0 Å². The zero-order valence-corrected chi connectivity index (χ0v) is 7.58. The van der Waals surface area contributed by atoms with E-state index in [-0.39, 0.29) is 19.8 Å².